The zero-order chi connectivity index (χ0) is 16.4. The quantitative estimate of drug-likeness (QED) is 0.814. The number of hydrogen-bond acceptors (Lipinski definition) is 7. The first-order valence-electron chi connectivity index (χ1n) is 6.68. The molecule has 7 nitrogen and oxygen atoms in total. The zero-order valence-corrected chi connectivity index (χ0v) is 13.5. The van der Waals surface area contributed by atoms with Crippen LogP contribution in [0.2, 0.25) is 0 Å². The smallest absolute Gasteiger partial charge is 0.348 e. The topological polar surface area (TPSA) is 101 Å². The van der Waals surface area contributed by atoms with Crippen LogP contribution in [0.3, 0.4) is 0 Å². The molecule has 0 saturated heterocycles. The maximum atomic E-state index is 11.8. The molecule has 0 saturated carbocycles. The van der Waals surface area contributed by atoms with E-state index in [1.54, 1.807) is 6.92 Å². The lowest BCUT2D eigenvalue weighted by atomic mass is 10.0. The van der Waals surface area contributed by atoms with Crippen molar-refractivity contribution in [2.45, 2.75) is 26.8 Å². The average Bonchev–Trinajstić information content (AvgIpc) is 2.81. The Bertz CT molecular complexity index is 726. The van der Waals surface area contributed by atoms with Crippen LogP contribution in [0.25, 0.3) is 10.2 Å². The van der Waals surface area contributed by atoms with Crippen molar-refractivity contribution in [2.75, 3.05) is 12.4 Å². The molecule has 0 aliphatic carbocycles. The minimum Gasteiger partial charge on any atom is -0.480 e. The molecule has 2 N–H and O–H groups in total. The third-order valence-electron chi connectivity index (χ3n) is 3.32. The summed E-state index contributed by atoms with van der Waals surface area (Å²) in [5.41, 5.74) is 0.683. The molecule has 1 unspecified atom stereocenters. The molecular weight excluding hydrogens is 306 g/mol. The van der Waals surface area contributed by atoms with E-state index >= 15 is 0 Å². The van der Waals surface area contributed by atoms with Gasteiger partial charge in [0.1, 0.15) is 27.9 Å². The highest BCUT2D eigenvalue weighted by Gasteiger charge is 2.25. The van der Waals surface area contributed by atoms with Crippen LogP contribution in [0, 0.1) is 12.8 Å². The highest BCUT2D eigenvalue weighted by molar-refractivity contribution is 7.20. The number of carbonyl (C=O) groups excluding carboxylic acids is 1. The van der Waals surface area contributed by atoms with Gasteiger partial charge >= 0.3 is 11.9 Å². The van der Waals surface area contributed by atoms with E-state index in [9.17, 15) is 14.7 Å². The van der Waals surface area contributed by atoms with E-state index in [0.29, 0.717) is 26.5 Å². The maximum Gasteiger partial charge on any atom is 0.348 e. The van der Waals surface area contributed by atoms with Gasteiger partial charge in [0.05, 0.1) is 12.5 Å². The van der Waals surface area contributed by atoms with Crippen LogP contribution in [0.1, 0.15) is 29.1 Å². The molecule has 0 amide bonds. The molecule has 22 heavy (non-hydrogen) atoms. The van der Waals surface area contributed by atoms with Crippen molar-refractivity contribution < 1.29 is 19.4 Å². The number of anilines is 1. The van der Waals surface area contributed by atoms with E-state index in [1.165, 1.54) is 24.8 Å². The van der Waals surface area contributed by atoms with Gasteiger partial charge in [0.15, 0.2) is 0 Å². The Labute approximate surface area is 131 Å². The van der Waals surface area contributed by atoms with Crippen molar-refractivity contribution in [1.29, 1.82) is 0 Å². The number of esters is 1. The Hall–Kier alpha value is -2.22. The molecule has 0 fully saturated rings. The Morgan fingerprint density at radius 3 is 2.59 bits per heavy atom. The third-order valence-corrected chi connectivity index (χ3v) is 4.50. The predicted molar refractivity (Wildman–Crippen MR) is 83.4 cm³/mol. The molecule has 1 atom stereocenters. The molecule has 2 aromatic heterocycles. The largest absolute Gasteiger partial charge is 0.480 e. The minimum atomic E-state index is -0.956. The van der Waals surface area contributed by atoms with E-state index in [0.717, 1.165) is 0 Å². The van der Waals surface area contributed by atoms with Crippen molar-refractivity contribution in [3.8, 4) is 0 Å². The maximum absolute atomic E-state index is 11.8. The number of fused-ring (bicyclic) bond motifs is 1. The van der Waals surface area contributed by atoms with Gasteiger partial charge in [0.25, 0.3) is 0 Å². The first-order chi connectivity index (χ1) is 10.4. The van der Waals surface area contributed by atoms with E-state index in [1.807, 2.05) is 13.8 Å². The third kappa shape index (κ3) is 2.87. The van der Waals surface area contributed by atoms with Gasteiger partial charge in [-0.2, -0.15) is 0 Å². The minimum absolute atomic E-state index is 0.124. The van der Waals surface area contributed by atoms with Gasteiger partial charge in [-0.15, -0.1) is 11.3 Å². The van der Waals surface area contributed by atoms with Crippen molar-refractivity contribution in [1.82, 2.24) is 9.97 Å². The molecule has 0 aromatic carbocycles. The summed E-state index contributed by atoms with van der Waals surface area (Å²) in [5, 5.41) is 12.9. The SMILES string of the molecule is COC(=O)c1sc2ncnc(NC(C(=O)O)C(C)C)c2c1C. The second-order valence-corrected chi connectivity index (χ2v) is 6.15. The Balaban J connectivity index is 2.53. The lowest BCUT2D eigenvalue weighted by molar-refractivity contribution is -0.138. The molecule has 2 rings (SSSR count). The van der Waals surface area contributed by atoms with Crippen LogP contribution in [0.15, 0.2) is 6.33 Å². The number of carbonyl (C=O) groups is 2. The second-order valence-electron chi connectivity index (χ2n) is 5.15. The molecule has 118 valence electrons. The number of aromatic nitrogens is 2. The number of nitrogens with zero attached hydrogens (tertiary/aromatic N) is 2. The lowest BCUT2D eigenvalue weighted by Gasteiger charge is -2.19. The van der Waals surface area contributed by atoms with Crippen LogP contribution < -0.4 is 5.32 Å². The summed E-state index contributed by atoms with van der Waals surface area (Å²) in [6.45, 7) is 5.39. The van der Waals surface area contributed by atoms with Crippen molar-refractivity contribution in [3.05, 3.63) is 16.8 Å². The molecule has 8 heteroatoms. The monoisotopic (exact) mass is 323 g/mol. The number of aliphatic carboxylic acids is 1. The summed E-state index contributed by atoms with van der Waals surface area (Å²) in [5.74, 6) is -1.11. The molecule has 2 aromatic rings. The lowest BCUT2D eigenvalue weighted by Crippen LogP contribution is -2.34. The average molecular weight is 323 g/mol. The number of carboxylic acids is 1. The van der Waals surface area contributed by atoms with Gasteiger partial charge < -0.3 is 15.2 Å². The number of carboxylic acid groups (broad SMARTS) is 1. The van der Waals surface area contributed by atoms with E-state index in [4.69, 9.17) is 4.74 Å². The Morgan fingerprint density at radius 1 is 1.36 bits per heavy atom. The van der Waals surface area contributed by atoms with Crippen LogP contribution >= 0.6 is 11.3 Å². The molecule has 0 bridgehead atoms. The molecule has 0 radical (unpaired) electrons. The molecule has 0 aliphatic heterocycles. The standard InChI is InChI=1S/C14H17N3O4S/c1-6(2)9(13(18)19)17-11-8-7(3)10(14(20)21-4)22-12(8)16-5-15-11/h5-6,9H,1-4H3,(H,18,19)(H,15,16,17). The Morgan fingerprint density at radius 2 is 2.05 bits per heavy atom. The fourth-order valence-corrected chi connectivity index (χ4v) is 3.20. The van der Waals surface area contributed by atoms with Crippen LogP contribution in [-0.4, -0.2) is 40.2 Å². The number of rotatable bonds is 5. The van der Waals surface area contributed by atoms with Gasteiger partial charge in [-0.1, -0.05) is 13.8 Å². The number of methoxy groups -OCH3 is 1. The summed E-state index contributed by atoms with van der Waals surface area (Å²) >= 11 is 1.20. The highest BCUT2D eigenvalue weighted by atomic mass is 32.1. The summed E-state index contributed by atoms with van der Waals surface area (Å²) in [6, 6.07) is -0.779. The summed E-state index contributed by atoms with van der Waals surface area (Å²) in [4.78, 5) is 32.5. The van der Waals surface area contributed by atoms with Crippen molar-refractivity contribution >= 4 is 39.3 Å². The zero-order valence-electron chi connectivity index (χ0n) is 12.7. The summed E-state index contributed by atoms with van der Waals surface area (Å²) < 4.78 is 4.75. The van der Waals surface area contributed by atoms with Crippen molar-refractivity contribution in [2.24, 2.45) is 5.92 Å². The van der Waals surface area contributed by atoms with Crippen LogP contribution in [0.4, 0.5) is 5.82 Å². The van der Waals surface area contributed by atoms with Gasteiger partial charge in [-0.3, -0.25) is 0 Å². The molecule has 2 heterocycles. The fourth-order valence-electron chi connectivity index (χ4n) is 2.13. The predicted octanol–water partition coefficient (Wildman–Crippen LogP) is 2.31. The van der Waals surface area contributed by atoms with E-state index in [-0.39, 0.29) is 5.92 Å². The molecule has 0 spiro atoms. The van der Waals surface area contributed by atoms with E-state index in [2.05, 4.69) is 15.3 Å². The number of nitrogens with one attached hydrogen (secondary N) is 1. The first-order valence-corrected chi connectivity index (χ1v) is 7.50. The highest BCUT2D eigenvalue weighted by Crippen LogP contribution is 2.34. The number of hydrogen-bond donors (Lipinski definition) is 2. The van der Waals surface area contributed by atoms with Gasteiger partial charge in [0.2, 0.25) is 0 Å². The first kappa shape index (κ1) is 16.2. The van der Waals surface area contributed by atoms with E-state index < -0.39 is 18.0 Å². The normalized spacial score (nSPS) is 12.4. The molecular formula is C14H17N3O4S. The van der Waals surface area contributed by atoms with Gasteiger partial charge in [-0.05, 0) is 18.4 Å². The number of ether oxygens (including phenoxy) is 1. The molecule has 0 aliphatic rings. The van der Waals surface area contributed by atoms with Crippen LogP contribution in [0.5, 0.6) is 0 Å². The van der Waals surface area contributed by atoms with Gasteiger partial charge in [0, 0.05) is 0 Å². The van der Waals surface area contributed by atoms with Gasteiger partial charge in [-0.25, -0.2) is 19.6 Å². The summed E-state index contributed by atoms with van der Waals surface area (Å²) in [7, 11) is 1.32. The second kappa shape index (κ2) is 6.27. The Kier molecular flexibility index (Phi) is 4.60. The van der Waals surface area contributed by atoms with Crippen molar-refractivity contribution in [3.63, 3.8) is 0 Å². The number of thiophene rings is 1. The van der Waals surface area contributed by atoms with Crippen LogP contribution in [-0.2, 0) is 9.53 Å². The summed E-state index contributed by atoms with van der Waals surface area (Å²) in [6.07, 6.45) is 1.35. The number of aryl methyl sites for hydroxylation is 1. The fraction of sp³-hybridized carbons (Fsp3) is 0.429.